The number of rotatable bonds is 5. The van der Waals surface area contributed by atoms with E-state index in [1.165, 1.54) is 17.9 Å². The Bertz CT molecular complexity index is 751. The fraction of sp³-hybridized carbons (Fsp3) is 0.176. The van der Waals surface area contributed by atoms with Crippen LogP contribution in [0.1, 0.15) is 13.3 Å². The number of benzene rings is 2. The molecule has 0 spiro atoms. The average Bonchev–Trinajstić information content (AvgIpc) is 2.53. The summed E-state index contributed by atoms with van der Waals surface area (Å²) in [6.45, 7) is 1.33. The topological polar surface area (TPSA) is 49.4 Å². The van der Waals surface area contributed by atoms with Gasteiger partial charge in [0.15, 0.2) is 11.6 Å². The lowest BCUT2D eigenvalue weighted by Gasteiger charge is -2.21. The summed E-state index contributed by atoms with van der Waals surface area (Å²) >= 11 is 5.76. The number of anilines is 2. The standard InChI is InChI=1S/C17H15ClF2N2O2/c1-11(23)22(14-6-7-15(19)16(20)10-14)9-8-17(24)21-13-4-2-12(18)3-5-13/h2-7,10H,8-9H2,1H3,(H,21,24). The molecule has 0 aliphatic rings. The van der Waals surface area contributed by atoms with Gasteiger partial charge in [0.2, 0.25) is 11.8 Å². The van der Waals surface area contributed by atoms with E-state index in [1.807, 2.05) is 0 Å². The predicted octanol–water partition coefficient (Wildman–Crippen LogP) is 4.00. The van der Waals surface area contributed by atoms with Gasteiger partial charge in [0.1, 0.15) is 0 Å². The summed E-state index contributed by atoms with van der Waals surface area (Å²) in [4.78, 5) is 24.9. The Balaban J connectivity index is 2.00. The smallest absolute Gasteiger partial charge is 0.226 e. The SMILES string of the molecule is CC(=O)N(CCC(=O)Nc1ccc(Cl)cc1)c1ccc(F)c(F)c1. The van der Waals surface area contributed by atoms with Gasteiger partial charge in [0.25, 0.3) is 0 Å². The summed E-state index contributed by atoms with van der Waals surface area (Å²) in [5, 5.41) is 3.22. The van der Waals surface area contributed by atoms with E-state index in [0.29, 0.717) is 10.7 Å². The van der Waals surface area contributed by atoms with Gasteiger partial charge in [-0.2, -0.15) is 0 Å². The lowest BCUT2D eigenvalue weighted by molar-refractivity contribution is -0.117. The maximum absolute atomic E-state index is 13.3. The molecule has 2 rings (SSSR count). The highest BCUT2D eigenvalue weighted by Gasteiger charge is 2.15. The molecule has 0 aliphatic heterocycles. The van der Waals surface area contributed by atoms with E-state index < -0.39 is 11.6 Å². The lowest BCUT2D eigenvalue weighted by atomic mass is 10.2. The Morgan fingerprint density at radius 1 is 1.08 bits per heavy atom. The minimum atomic E-state index is -1.05. The largest absolute Gasteiger partial charge is 0.326 e. The summed E-state index contributed by atoms with van der Waals surface area (Å²) in [7, 11) is 0. The van der Waals surface area contributed by atoms with Crippen molar-refractivity contribution < 1.29 is 18.4 Å². The van der Waals surface area contributed by atoms with E-state index >= 15 is 0 Å². The van der Waals surface area contributed by atoms with Crippen LogP contribution < -0.4 is 10.2 Å². The molecule has 2 aromatic rings. The zero-order chi connectivity index (χ0) is 17.7. The fourth-order valence-corrected chi connectivity index (χ4v) is 2.22. The van der Waals surface area contributed by atoms with Gasteiger partial charge in [-0.05, 0) is 36.4 Å². The Morgan fingerprint density at radius 2 is 1.75 bits per heavy atom. The number of hydrogen-bond acceptors (Lipinski definition) is 2. The Hall–Kier alpha value is -2.47. The highest BCUT2D eigenvalue weighted by Crippen LogP contribution is 2.19. The number of carbonyl (C=O) groups excluding carboxylic acids is 2. The summed E-state index contributed by atoms with van der Waals surface area (Å²) in [5.41, 5.74) is 0.771. The van der Waals surface area contributed by atoms with Gasteiger partial charge in [0.05, 0.1) is 0 Å². The van der Waals surface area contributed by atoms with Crippen LogP contribution in [0, 0.1) is 11.6 Å². The number of nitrogens with one attached hydrogen (secondary N) is 1. The number of halogens is 3. The molecule has 0 fully saturated rings. The average molecular weight is 353 g/mol. The third-order valence-corrected chi connectivity index (χ3v) is 3.54. The lowest BCUT2D eigenvalue weighted by Crippen LogP contribution is -2.32. The molecule has 0 heterocycles. The minimum Gasteiger partial charge on any atom is -0.326 e. The summed E-state index contributed by atoms with van der Waals surface area (Å²) in [6, 6.07) is 9.73. The van der Waals surface area contributed by atoms with Crippen molar-refractivity contribution in [2.75, 3.05) is 16.8 Å². The second-order valence-electron chi connectivity index (χ2n) is 5.07. The molecule has 7 heteroatoms. The maximum atomic E-state index is 13.3. The van der Waals surface area contributed by atoms with E-state index in [-0.39, 0.29) is 30.5 Å². The summed E-state index contributed by atoms with van der Waals surface area (Å²) in [5.74, 6) is -2.74. The zero-order valence-electron chi connectivity index (χ0n) is 12.9. The molecule has 126 valence electrons. The Kier molecular flexibility index (Phi) is 5.87. The fourth-order valence-electron chi connectivity index (χ4n) is 2.09. The first-order chi connectivity index (χ1) is 11.4. The predicted molar refractivity (Wildman–Crippen MR) is 89.1 cm³/mol. The molecule has 1 N–H and O–H groups in total. The van der Waals surface area contributed by atoms with Crippen molar-refractivity contribution >= 4 is 34.8 Å². The van der Waals surface area contributed by atoms with Crippen LogP contribution in [0.4, 0.5) is 20.2 Å². The van der Waals surface area contributed by atoms with Gasteiger partial charge in [-0.3, -0.25) is 9.59 Å². The zero-order valence-corrected chi connectivity index (χ0v) is 13.6. The van der Waals surface area contributed by atoms with Crippen LogP contribution in [0.15, 0.2) is 42.5 Å². The van der Waals surface area contributed by atoms with E-state index in [9.17, 15) is 18.4 Å². The second-order valence-corrected chi connectivity index (χ2v) is 5.51. The minimum absolute atomic E-state index is 0.00119. The van der Waals surface area contributed by atoms with Crippen molar-refractivity contribution in [3.63, 3.8) is 0 Å². The quantitative estimate of drug-likeness (QED) is 0.884. The van der Waals surface area contributed by atoms with Crippen molar-refractivity contribution in [3.8, 4) is 0 Å². The van der Waals surface area contributed by atoms with Gasteiger partial charge >= 0.3 is 0 Å². The molecule has 0 radical (unpaired) electrons. The van der Waals surface area contributed by atoms with E-state index in [0.717, 1.165) is 12.1 Å². The number of hydrogen-bond donors (Lipinski definition) is 1. The van der Waals surface area contributed by atoms with Crippen LogP contribution >= 0.6 is 11.6 Å². The molecule has 0 bridgehead atoms. The third-order valence-electron chi connectivity index (χ3n) is 3.29. The molecule has 24 heavy (non-hydrogen) atoms. The van der Waals surface area contributed by atoms with Crippen molar-refractivity contribution in [2.24, 2.45) is 0 Å². The summed E-state index contributed by atoms with van der Waals surface area (Å²) in [6.07, 6.45) is 0.00119. The van der Waals surface area contributed by atoms with Crippen LogP contribution in [0.3, 0.4) is 0 Å². The van der Waals surface area contributed by atoms with Crippen molar-refractivity contribution in [3.05, 3.63) is 59.1 Å². The van der Waals surface area contributed by atoms with Crippen LogP contribution in [0.25, 0.3) is 0 Å². The van der Waals surface area contributed by atoms with E-state index in [2.05, 4.69) is 5.32 Å². The van der Waals surface area contributed by atoms with Gasteiger partial charge in [-0.1, -0.05) is 11.6 Å². The Labute approximate surface area is 143 Å². The second kappa shape index (κ2) is 7.88. The summed E-state index contributed by atoms with van der Waals surface area (Å²) < 4.78 is 26.3. The van der Waals surface area contributed by atoms with Crippen molar-refractivity contribution in [2.45, 2.75) is 13.3 Å². The first-order valence-corrected chi connectivity index (χ1v) is 7.53. The van der Waals surface area contributed by atoms with Crippen molar-refractivity contribution in [1.29, 1.82) is 0 Å². The first-order valence-electron chi connectivity index (χ1n) is 7.15. The molecule has 0 atom stereocenters. The van der Waals surface area contributed by atoms with Crippen molar-refractivity contribution in [1.82, 2.24) is 0 Å². The molecular weight excluding hydrogens is 338 g/mol. The van der Waals surface area contributed by atoms with Crippen LogP contribution in [-0.4, -0.2) is 18.4 Å². The molecule has 0 aliphatic carbocycles. The highest BCUT2D eigenvalue weighted by atomic mass is 35.5. The molecule has 0 unspecified atom stereocenters. The Morgan fingerprint density at radius 3 is 2.33 bits per heavy atom. The maximum Gasteiger partial charge on any atom is 0.226 e. The number of nitrogens with zero attached hydrogens (tertiary/aromatic N) is 1. The van der Waals surface area contributed by atoms with Gasteiger partial charge in [-0.25, -0.2) is 8.78 Å². The number of carbonyl (C=O) groups is 2. The van der Waals surface area contributed by atoms with Crippen LogP contribution in [0.5, 0.6) is 0 Å². The van der Waals surface area contributed by atoms with Crippen LogP contribution in [0.2, 0.25) is 5.02 Å². The molecule has 4 nitrogen and oxygen atoms in total. The molecule has 2 amide bonds. The molecular formula is C17H15ClF2N2O2. The van der Waals surface area contributed by atoms with Gasteiger partial charge in [-0.15, -0.1) is 0 Å². The number of amides is 2. The highest BCUT2D eigenvalue weighted by molar-refractivity contribution is 6.30. The first kappa shape index (κ1) is 17.9. The molecule has 0 saturated heterocycles. The molecule has 0 aromatic heterocycles. The van der Waals surface area contributed by atoms with E-state index in [4.69, 9.17) is 11.6 Å². The van der Waals surface area contributed by atoms with Crippen LogP contribution in [-0.2, 0) is 9.59 Å². The van der Waals surface area contributed by atoms with Gasteiger partial charge in [0, 0.05) is 42.4 Å². The van der Waals surface area contributed by atoms with E-state index in [1.54, 1.807) is 24.3 Å². The monoisotopic (exact) mass is 352 g/mol. The third kappa shape index (κ3) is 4.76. The molecule has 2 aromatic carbocycles. The molecule has 0 saturated carbocycles. The normalized spacial score (nSPS) is 10.3. The van der Waals surface area contributed by atoms with Gasteiger partial charge < -0.3 is 10.2 Å².